The fourth-order valence-corrected chi connectivity index (χ4v) is 3.23. The molecule has 0 aliphatic carbocycles. The number of halogens is 3. The van der Waals surface area contributed by atoms with Gasteiger partial charge in [0.15, 0.2) is 5.82 Å². The Bertz CT molecular complexity index is 892. The molecule has 1 heterocycles. The third-order valence-corrected chi connectivity index (χ3v) is 4.46. The van der Waals surface area contributed by atoms with E-state index in [2.05, 4.69) is 4.98 Å². The van der Waals surface area contributed by atoms with E-state index in [9.17, 15) is 17.2 Å². The lowest BCUT2D eigenvalue weighted by Gasteiger charge is -2.11. The van der Waals surface area contributed by atoms with Gasteiger partial charge in [0, 0.05) is 6.20 Å². The first-order chi connectivity index (χ1) is 10.3. The van der Waals surface area contributed by atoms with Crippen molar-refractivity contribution < 1.29 is 17.2 Å². The fraction of sp³-hybridized carbons (Fsp3) is 0.0714. The number of anilines is 1. The number of hydrogen-bond donors (Lipinski definition) is 1. The summed E-state index contributed by atoms with van der Waals surface area (Å²) in [5.41, 5.74) is -0.938. The first-order valence-corrected chi connectivity index (χ1v) is 7.72. The standard InChI is InChI=1S/C14H9ClF2N2O2S/c1-3-10-11(16)4-5-12(14(10)17)19-22(20,21)13-6-9(15)7-18-8(13)2/h1,4-7,19H,2H3. The van der Waals surface area contributed by atoms with E-state index in [1.807, 2.05) is 10.6 Å². The highest BCUT2D eigenvalue weighted by atomic mass is 35.5. The highest BCUT2D eigenvalue weighted by Crippen LogP contribution is 2.25. The van der Waals surface area contributed by atoms with Gasteiger partial charge in [-0.05, 0) is 25.1 Å². The summed E-state index contributed by atoms with van der Waals surface area (Å²) < 4.78 is 53.9. The highest BCUT2D eigenvalue weighted by molar-refractivity contribution is 7.92. The van der Waals surface area contributed by atoms with Crippen LogP contribution in [0.1, 0.15) is 11.3 Å². The minimum atomic E-state index is -4.15. The van der Waals surface area contributed by atoms with E-state index in [1.165, 1.54) is 19.2 Å². The summed E-state index contributed by atoms with van der Waals surface area (Å²) in [5, 5.41) is 0.106. The van der Waals surface area contributed by atoms with E-state index >= 15 is 0 Å². The van der Waals surface area contributed by atoms with Crippen molar-refractivity contribution >= 4 is 27.3 Å². The molecule has 0 aliphatic heterocycles. The summed E-state index contributed by atoms with van der Waals surface area (Å²) >= 11 is 5.72. The lowest BCUT2D eigenvalue weighted by molar-refractivity contribution is 0.577. The van der Waals surface area contributed by atoms with Crippen LogP contribution in [0.5, 0.6) is 0 Å². The Kier molecular flexibility index (Phi) is 4.35. The molecule has 1 aromatic heterocycles. The molecule has 22 heavy (non-hydrogen) atoms. The van der Waals surface area contributed by atoms with Crippen molar-refractivity contribution in [2.75, 3.05) is 4.72 Å². The maximum Gasteiger partial charge on any atom is 0.263 e. The average Bonchev–Trinajstić information content (AvgIpc) is 2.45. The third kappa shape index (κ3) is 3.03. The van der Waals surface area contributed by atoms with Crippen molar-refractivity contribution in [1.82, 2.24) is 4.98 Å². The lowest BCUT2D eigenvalue weighted by Crippen LogP contribution is -2.16. The monoisotopic (exact) mass is 342 g/mol. The van der Waals surface area contributed by atoms with Crippen molar-refractivity contribution in [2.45, 2.75) is 11.8 Å². The fourth-order valence-electron chi connectivity index (χ4n) is 1.72. The molecule has 0 radical (unpaired) electrons. The summed E-state index contributed by atoms with van der Waals surface area (Å²) in [7, 11) is -4.15. The Morgan fingerprint density at radius 3 is 2.68 bits per heavy atom. The van der Waals surface area contributed by atoms with Crippen molar-refractivity contribution in [3.05, 3.63) is 52.3 Å². The topological polar surface area (TPSA) is 59.1 Å². The first kappa shape index (κ1) is 16.2. The summed E-state index contributed by atoms with van der Waals surface area (Å²) in [6.07, 6.45) is 6.29. The average molecular weight is 343 g/mol. The number of hydrogen-bond acceptors (Lipinski definition) is 3. The number of nitrogens with zero attached hydrogens (tertiary/aromatic N) is 1. The number of aromatic nitrogens is 1. The third-order valence-electron chi connectivity index (χ3n) is 2.78. The molecular formula is C14H9ClF2N2O2S. The van der Waals surface area contributed by atoms with Crippen LogP contribution >= 0.6 is 11.6 Å². The van der Waals surface area contributed by atoms with E-state index in [-0.39, 0.29) is 15.6 Å². The lowest BCUT2D eigenvalue weighted by atomic mass is 10.2. The zero-order valence-corrected chi connectivity index (χ0v) is 12.8. The second kappa shape index (κ2) is 5.91. The van der Waals surface area contributed by atoms with Crippen LogP contribution in [0, 0.1) is 30.9 Å². The first-order valence-electron chi connectivity index (χ1n) is 5.86. The SMILES string of the molecule is C#Cc1c(F)ccc(NS(=O)(=O)c2cc(Cl)cnc2C)c1F. The van der Waals surface area contributed by atoms with Crippen LogP contribution in [0.2, 0.25) is 5.02 Å². The van der Waals surface area contributed by atoms with Gasteiger partial charge < -0.3 is 0 Å². The van der Waals surface area contributed by atoms with E-state index in [0.29, 0.717) is 0 Å². The van der Waals surface area contributed by atoms with E-state index in [0.717, 1.165) is 12.1 Å². The summed E-state index contributed by atoms with van der Waals surface area (Å²) in [5.74, 6) is -0.291. The molecule has 1 aromatic carbocycles. The Hall–Kier alpha value is -2.17. The second-order valence-corrected chi connectivity index (χ2v) is 6.36. The molecule has 2 aromatic rings. The number of terminal acetylenes is 1. The molecular weight excluding hydrogens is 334 g/mol. The Morgan fingerprint density at radius 1 is 1.36 bits per heavy atom. The van der Waals surface area contributed by atoms with Gasteiger partial charge in [-0.15, -0.1) is 6.42 Å². The molecule has 0 atom stereocenters. The normalized spacial score (nSPS) is 11.0. The van der Waals surface area contributed by atoms with Gasteiger partial charge in [-0.2, -0.15) is 0 Å². The number of sulfonamides is 1. The van der Waals surface area contributed by atoms with Crippen LogP contribution in [0.4, 0.5) is 14.5 Å². The molecule has 4 nitrogen and oxygen atoms in total. The minimum absolute atomic E-state index is 0.106. The van der Waals surface area contributed by atoms with Gasteiger partial charge in [-0.3, -0.25) is 9.71 Å². The van der Waals surface area contributed by atoms with Crippen molar-refractivity contribution in [3.8, 4) is 12.3 Å². The number of pyridine rings is 1. The summed E-state index contributed by atoms with van der Waals surface area (Å²) in [6, 6.07) is 2.99. The quantitative estimate of drug-likeness (QED) is 0.872. The zero-order chi connectivity index (χ0) is 16.5. The largest absolute Gasteiger partial charge is 0.277 e. The molecule has 0 bridgehead atoms. The van der Waals surface area contributed by atoms with Gasteiger partial charge in [-0.25, -0.2) is 17.2 Å². The van der Waals surface area contributed by atoms with Gasteiger partial charge in [0.1, 0.15) is 10.7 Å². The Labute approximate surface area is 131 Å². The van der Waals surface area contributed by atoms with Crippen LogP contribution in [0.25, 0.3) is 0 Å². The molecule has 0 saturated heterocycles. The highest BCUT2D eigenvalue weighted by Gasteiger charge is 2.21. The van der Waals surface area contributed by atoms with Crippen molar-refractivity contribution in [3.63, 3.8) is 0 Å². The molecule has 0 amide bonds. The molecule has 1 N–H and O–H groups in total. The summed E-state index contributed by atoms with van der Waals surface area (Å²) in [6.45, 7) is 1.46. The molecule has 0 aliphatic rings. The smallest absolute Gasteiger partial charge is 0.263 e. The van der Waals surface area contributed by atoms with Crippen LogP contribution in [-0.4, -0.2) is 13.4 Å². The molecule has 114 valence electrons. The van der Waals surface area contributed by atoms with Gasteiger partial charge in [0.05, 0.1) is 22.0 Å². The minimum Gasteiger partial charge on any atom is -0.277 e. The number of aryl methyl sites for hydroxylation is 1. The predicted octanol–water partition coefficient (Wildman–Crippen LogP) is 3.10. The second-order valence-electron chi connectivity index (χ2n) is 4.27. The van der Waals surface area contributed by atoms with Gasteiger partial charge in [-0.1, -0.05) is 17.5 Å². The van der Waals surface area contributed by atoms with Gasteiger partial charge in [0.2, 0.25) is 0 Å². The maximum atomic E-state index is 14.0. The van der Waals surface area contributed by atoms with Gasteiger partial charge in [0.25, 0.3) is 10.0 Å². The van der Waals surface area contributed by atoms with Crippen molar-refractivity contribution in [1.29, 1.82) is 0 Å². The van der Waals surface area contributed by atoms with Gasteiger partial charge >= 0.3 is 0 Å². The molecule has 0 saturated carbocycles. The Balaban J connectivity index is 2.51. The molecule has 8 heteroatoms. The van der Waals surface area contributed by atoms with Crippen LogP contribution in [0.15, 0.2) is 29.3 Å². The Morgan fingerprint density at radius 2 is 2.05 bits per heavy atom. The number of benzene rings is 1. The molecule has 0 fully saturated rings. The van der Waals surface area contributed by atoms with E-state index in [4.69, 9.17) is 18.0 Å². The van der Waals surface area contributed by atoms with Crippen LogP contribution in [-0.2, 0) is 10.0 Å². The molecule has 0 spiro atoms. The molecule has 0 unspecified atom stereocenters. The van der Waals surface area contributed by atoms with Crippen molar-refractivity contribution in [2.24, 2.45) is 0 Å². The van der Waals surface area contributed by atoms with Crippen LogP contribution < -0.4 is 4.72 Å². The molecule has 2 rings (SSSR count). The maximum absolute atomic E-state index is 14.0. The number of rotatable bonds is 3. The van der Waals surface area contributed by atoms with E-state index < -0.39 is 32.9 Å². The zero-order valence-electron chi connectivity index (χ0n) is 11.2. The predicted molar refractivity (Wildman–Crippen MR) is 79.1 cm³/mol. The van der Waals surface area contributed by atoms with Crippen LogP contribution in [0.3, 0.4) is 0 Å². The van der Waals surface area contributed by atoms with E-state index in [1.54, 1.807) is 0 Å². The summed E-state index contributed by atoms with van der Waals surface area (Å²) in [4.78, 5) is 3.60. The number of nitrogens with one attached hydrogen (secondary N) is 1.